The largest absolute Gasteiger partial charge is 0.369 e. The van der Waals surface area contributed by atoms with Gasteiger partial charge in [0.15, 0.2) is 5.82 Å². The highest BCUT2D eigenvalue weighted by Crippen LogP contribution is 2.19. The van der Waals surface area contributed by atoms with Crippen molar-refractivity contribution in [1.82, 2.24) is 10.1 Å². The molecule has 1 fully saturated rings. The molecule has 3 N–H and O–H groups in total. The highest BCUT2D eigenvalue weighted by molar-refractivity contribution is 5.91. The molecule has 0 unspecified atom stereocenters. The van der Waals surface area contributed by atoms with Gasteiger partial charge in [0.25, 0.3) is 0 Å². The second kappa shape index (κ2) is 5.83. The summed E-state index contributed by atoms with van der Waals surface area (Å²) in [5.74, 6) is 0.669. The summed E-state index contributed by atoms with van der Waals surface area (Å²) in [5.41, 5.74) is 5.14. The first-order chi connectivity index (χ1) is 9.04. The van der Waals surface area contributed by atoms with Crippen LogP contribution in [0.4, 0.5) is 5.82 Å². The molecule has 7 heteroatoms. The Kier molecular flexibility index (Phi) is 4.16. The van der Waals surface area contributed by atoms with Gasteiger partial charge in [0.05, 0.1) is 6.54 Å². The smallest absolute Gasteiger partial charge is 0.231 e. The van der Waals surface area contributed by atoms with Crippen LogP contribution in [0.15, 0.2) is 10.6 Å². The van der Waals surface area contributed by atoms with Crippen LogP contribution < -0.4 is 11.1 Å². The number of rotatable bonds is 4. The molecule has 1 aliphatic rings. The Morgan fingerprint density at radius 3 is 2.74 bits per heavy atom. The molecule has 104 valence electrons. The number of piperidine rings is 1. The average Bonchev–Trinajstić information content (AvgIpc) is 2.75. The van der Waals surface area contributed by atoms with E-state index in [1.165, 1.54) is 0 Å². The molecule has 2 heterocycles. The molecule has 1 aromatic heterocycles. The third-order valence-electron chi connectivity index (χ3n) is 3.22. The van der Waals surface area contributed by atoms with Crippen LogP contribution in [0.25, 0.3) is 0 Å². The molecule has 0 spiro atoms. The van der Waals surface area contributed by atoms with Crippen molar-refractivity contribution in [2.75, 3.05) is 25.0 Å². The normalized spacial score (nSPS) is 17.3. The van der Waals surface area contributed by atoms with Gasteiger partial charge in [-0.1, -0.05) is 5.16 Å². The molecule has 0 bridgehead atoms. The molecule has 2 amide bonds. The molecule has 0 saturated carbocycles. The highest BCUT2D eigenvalue weighted by Gasteiger charge is 2.26. The third-order valence-corrected chi connectivity index (χ3v) is 3.22. The van der Waals surface area contributed by atoms with Crippen molar-refractivity contribution in [3.63, 3.8) is 0 Å². The lowest BCUT2D eigenvalue weighted by Gasteiger charge is -2.29. The molecule has 7 nitrogen and oxygen atoms in total. The van der Waals surface area contributed by atoms with E-state index in [1.54, 1.807) is 13.0 Å². The maximum Gasteiger partial charge on any atom is 0.231 e. The van der Waals surface area contributed by atoms with Gasteiger partial charge in [0.2, 0.25) is 11.8 Å². The molecular formula is C12H18N4O3. The van der Waals surface area contributed by atoms with Crippen LogP contribution in [0, 0.1) is 12.8 Å². The predicted octanol–water partition coefficient (Wildman–Crippen LogP) is 0.119. The number of aryl methyl sites for hydroxylation is 1. The minimum absolute atomic E-state index is 0.0491. The number of carbonyl (C=O) groups excluding carboxylic acids is 2. The summed E-state index contributed by atoms with van der Waals surface area (Å²) < 4.78 is 4.89. The number of amides is 2. The van der Waals surface area contributed by atoms with Gasteiger partial charge in [-0.15, -0.1) is 0 Å². The van der Waals surface area contributed by atoms with Crippen LogP contribution in [0.3, 0.4) is 0 Å². The molecule has 19 heavy (non-hydrogen) atoms. The number of nitrogens with one attached hydrogen (secondary N) is 1. The van der Waals surface area contributed by atoms with Crippen molar-refractivity contribution in [3.8, 4) is 0 Å². The zero-order chi connectivity index (χ0) is 13.8. The summed E-state index contributed by atoms with van der Waals surface area (Å²) in [7, 11) is 0. The first-order valence-electron chi connectivity index (χ1n) is 6.29. The molecule has 1 saturated heterocycles. The van der Waals surface area contributed by atoms with E-state index in [9.17, 15) is 9.59 Å². The standard InChI is InChI=1S/C12H18N4O3/c1-8-6-11(15-19-8)14-12(18)9-2-4-16(5-3-9)7-10(13)17/h6,9H,2-5,7H2,1H3,(H2,13,17)(H,14,15,18). The molecule has 0 aromatic carbocycles. The molecule has 0 radical (unpaired) electrons. The van der Waals surface area contributed by atoms with E-state index in [2.05, 4.69) is 10.5 Å². The number of primary amides is 1. The van der Waals surface area contributed by atoms with Gasteiger partial charge in [0, 0.05) is 12.0 Å². The van der Waals surface area contributed by atoms with Gasteiger partial charge in [-0.05, 0) is 32.9 Å². The van der Waals surface area contributed by atoms with E-state index in [-0.39, 0.29) is 24.3 Å². The second-order valence-electron chi connectivity index (χ2n) is 4.83. The summed E-state index contributed by atoms with van der Waals surface area (Å²) in [6.07, 6.45) is 1.44. The molecular weight excluding hydrogens is 248 g/mol. The number of hydrogen-bond donors (Lipinski definition) is 2. The lowest BCUT2D eigenvalue weighted by molar-refractivity contribution is -0.122. The average molecular weight is 266 g/mol. The quantitative estimate of drug-likeness (QED) is 0.806. The van der Waals surface area contributed by atoms with Gasteiger partial charge >= 0.3 is 0 Å². The van der Waals surface area contributed by atoms with Crippen molar-refractivity contribution >= 4 is 17.6 Å². The summed E-state index contributed by atoms with van der Waals surface area (Å²) in [4.78, 5) is 24.8. The Morgan fingerprint density at radius 2 is 2.21 bits per heavy atom. The number of nitrogens with zero attached hydrogens (tertiary/aromatic N) is 2. The SMILES string of the molecule is Cc1cc(NC(=O)C2CCN(CC(N)=O)CC2)no1. The van der Waals surface area contributed by atoms with Crippen LogP contribution in [-0.2, 0) is 9.59 Å². The van der Waals surface area contributed by atoms with Gasteiger partial charge in [0.1, 0.15) is 5.76 Å². The topological polar surface area (TPSA) is 101 Å². The summed E-state index contributed by atoms with van der Waals surface area (Å²) in [5, 5.41) is 6.46. The van der Waals surface area contributed by atoms with E-state index in [0.29, 0.717) is 24.7 Å². The zero-order valence-electron chi connectivity index (χ0n) is 10.9. The first kappa shape index (κ1) is 13.5. The fourth-order valence-electron chi connectivity index (χ4n) is 2.23. The van der Waals surface area contributed by atoms with Crippen molar-refractivity contribution in [3.05, 3.63) is 11.8 Å². The number of anilines is 1. The summed E-state index contributed by atoms with van der Waals surface area (Å²) in [6.45, 7) is 3.44. The van der Waals surface area contributed by atoms with E-state index < -0.39 is 0 Å². The van der Waals surface area contributed by atoms with Crippen LogP contribution in [0.2, 0.25) is 0 Å². The van der Waals surface area contributed by atoms with Crippen LogP contribution in [0.5, 0.6) is 0 Å². The number of likely N-dealkylation sites (tertiary alicyclic amines) is 1. The van der Waals surface area contributed by atoms with Crippen molar-refractivity contribution in [2.24, 2.45) is 11.7 Å². The van der Waals surface area contributed by atoms with E-state index in [4.69, 9.17) is 10.3 Å². The number of aromatic nitrogens is 1. The maximum atomic E-state index is 12.0. The lowest BCUT2D eigenvalue weighted by Crippen LogP contribution is -2.42. The molecule has 2 rings (SSSR count). The lowest BCUT2D eigenvalue weighted by atomic mass is 9.96. The Labute approximate surface area is 111 Å². The second-order valence-corrected chi connectivity index (χ2v) is 4.83. The van der Waals surface area contributed by atoms with Gasteiger partial charge in [-0.25, -0.2) is 0 Å². The Balaban J connectivity index is 1.80. The minimum Gasteiger partial charge on any atom is -0.369 e. The highest BCUT2D eigenvalue weighted by atomic mass is 16.5. The minimum atomic E-state index is -0.332. The molecule has 0 aliphatic carbocycles. The first-order valence-corrected chi connectivity index (χ1v) is 6.29. The number of nitrogens with two attached hydrogens (primary N) is 1. The predicted molar refractivity (Wildman–Crippen MR) is 68.2 cm³/mol. The van der Waals surface area contributed by atoms with Crippen LogP contribution in [0.1, 0.15) is 18.6 Å². The van der Waals surface area contributed by atoms with E-state index in [0.717, 1.165) is 12.8 Å². The summed E-state index contributed by atoms with van der Waals surface area (Å²) in [6, 6.07) is 1.68. The monoisotopic (exact) mass is 266 g/mol. The van der Waals surface area contributed by atoms with Crippen molar-refractivity contribution < 1.29 is 14.1 Å². The summed E-state index contributed by atoms with van der Waals surface area (Å²) >= 11 is 0. The Hall–Kier alpha value is -1.89. The van der Waals surface area contributed by atoms with E-state index in [1.807, 2.05) is 4.90 Å². The Bertz CT molecular complexity index is 463. The van der Waals surface area contributed by atoms with E-state index >= 15 is 0 Å². The van der Waals surface area contributed by atoms with Crippen molar-refractivity contribution in [2.45, 2.75) is 19.8 Å². The fraction of sp³-hybridized carbons (Fsp3) is 0.583. The maximum absolute atomic E-state index is 12.0. The third kappa shape index (κ3) is 3.78. The van der Waals surface area contributed by atoms with Crippen molar-refractivity contribution in [1.29, 1.82) is 0 Å². The van der Waals surface area contributed by atoms with Gasteiger partial charge < -0.3 is 15.6 Å². The van der Waals surface area contributed by atoms with Gasteiger partial charge in [-0.2, -0.15) is 0 Å². The molecule has 0 atom stereocenters. The molecule has 1 aromatic rings. The number of carbonyl (C=O) groups is 2. The van der Waals surface area contributed by atoms with Crippen LogP contribution >= 0.6 is 0 Å². The fourth-order valence-corrected chi connectivity index (χ4v) is 2.23. The number of hydrogen-bond acceptors (Lipinski definition) is 5. The van der Waals surface area contributed by atoms with Gasteiger partial charge in [-0.3, -0.25) is 14.5 Å². The van der Waals surface area contributed by atoms with Crippen LogP contribution in [-0.4, -0.2) is 41.5 Å². The molecule has 1 aliphatic heterocycles. The Morgan fingerprint density at radius 1 is 1.53 bits per heavy atom. The zero-order valence-corrected chi connectivity index (χ0v) is 10.9.